The summed E-state index contributed by atoms with van der Waals surface area (Å²) in [7, 11) is -2.02. The molecule has 39 heavy (non-hydrogen) atoms. The van der Waals surface area contributed by atoms with E-state index in [0.717, 1.165) is 22.0 Å². The van der Waals surface area contributed by atoms with Gasteiger partial charge in [-0.05, 0) is 48.0 Å². The molecule has 2 aliphatic heterocycles. The summed E-state index contributed by atoms with van der Waals surface area (Å²) in [5.41, 5.74) is 4.46. The van der Waals surface area contributed by atoms with Crippen molar-refractivity contribution in [3.05, 3.63) is 93.6 Å². The number of morpholine rings is 1. The molecule has 1 amide bonds. The van der Waals surface area contributed by atoms with Crippen LogP contribution in [0.25, 0.3) is 22.6 Å². The Labute approximate surface area is 236 Å². The van der Waals surface area contributed by atoms with Gasteiger partial charge in [-0.1, -0.05) is 47.5 Å². The molecule has 3 heterocycles. The second-order valence-electron chi connectivity index (χ2n) is 9.58. The lowest BCUT2D eigenvalue weighted by Crippen LogP contribution is -2.40. The predicted molar refractivity (Wildman–Crippen MR) is 155 cm³/mol. The van der Waals surface area contributed by atoms with Gasteiger partial charge in [0.1, 0.15) is 0 Å². The van der Waals surface area contributed by atoms with E-state index >= 15 is 0 Å². The Balaban J connectivity index is 1.44. The average Bonchev–Trinajstić information content (AvgIpc) is 3.40. The lowest BCUT2D eigenvalue weighted by atomic mass is 10.0. The Morgan fingerprint density at radius 1 is 1.00 bits per heavy atom. The van der Waals surface area contributed by atoms with Gasteiger partial charge in [-0.2, -0.15) is 4.31 Å². The number of para-hydroxylation sites is 1. The van der Waals surface area contributed by atoms with E-state index in [9.17, 15) is 13.2 Å². The van der Waals surface area contributed by atoms with E-state index < -0.39 is 10.0 Å². The fraction of sp³-hybridized carbons (Fsp3) is 0.207. The first-order valence-corrected chi connectivity index (χ1v) is 14.7. The Morgan fingerprint density at radius 2 is 1.77 bits per heavy atom. The molecule has 0 bridgehead atoms. The summed E-state index contributed by atoms with van der Waals surface area (Å²) < 4.78 is 35.5. The number of sulfonamides is 1. The Kier molecular flexibility index (Phi) is 6.77. The molecule has 0 N–H and O–H groups in total. The summed E-state index contributed by atoms with van der Waals surface area (Å²) >= 11 is 12.5. The summed E-state index contributed by atoms with van der Waals surface area (Å²) in [6, 6.07) is 18.3. The standard InChI is InChI=1S/C29H25Cl2N3O4S/c1-32-27-9-8-22(39(36,37)34-10-12-38-13-11-34)16-24(27)25(29(32)35)14-20-18-33(28-5-3-2-4-23(20)28)17-19-6-7-21(30)15-26(19)31/h2-9,14-16,18H,10-13,17H2,1H3. The molecule has 2 aliphatic rings. The highest BCUT2D eigenvalue weighted by Crippen LogP contribution is 2.40. The third kappa shape index (κ3) is 4.66. The van der Waals surface area contributed by atoms with Crippen LogP contribution in [0.5, 0.6) is 0 Å². The molecule has 6 rings (SSSR count). The van der Waals surface area contributed by atoms with Crippen LogP contribution in [0.2, 0.25) is 10.0 Å². The number of fused-ring (bicyclic) bond motifs is 2. The van der Waals surface area contributed by atoms with Crippen molar-refractivity contribution in [2.45, 2.75) is 11.4 Å². The minimum absolute atomic E-state index is 0.164. The molecule has 1 aromatic heterocycles. The van der Waals surface area contributed by atoms with Crippen LogP contribution in [0.3, 0.4) is 0 Å². The maximum Gasteiger partial charge on any atom is 0.258 e. The maximum absolute atomic E-state index is 13.4. The number of rotatable bonds is 5. The van der Waals surface area contributed by atoms with Crippen LogP contribution in [0.4, 0.5) is 5.69 Å². The number of amides is 1. The molecular weight excluding hydrogens is 557 g/mol. The zero-order valence-electron chi connectivity index (χ0n) is 21.1. The van der Waals surface area contributed by atoms with Crippen LogP contribution in [-0.4, -0.2) is 56.5 Å². The highest BCUT2D eigenvalue weighted by atomic mass is 35.5. The summed E-state index contributed by atoms with van der Waals surface area (Å²) in [5, 5.41) is 2.12. The van der Waals surface area contributed by atoms with Crippen molar-refractivity contribution in [2.24, 2.45) is 0 Å². The largest absolute Gasteiger partial charge is 0.379 e. The minimum atomic E-state index is -3.72. The number of carbonyl (C=O) groups is 1. The first-order valence-electron chi connectivity index (χ1n) is 12.5. The molecule has 1 saturated heterocycles. The van der Waals surface area contributed by atoms with E-state index in [2.05, 4.69) is 4.57 Å². The lowest BCUT2D eigenvalue weighted by molar-refractivity contribution is -0.112. The molecule has 1 fully saturated rings. The van der Waals surface area contributed by atoms with Crippen molar-refractivity contribution in [3.63, 3.8) is 0 Å². The minimum Gasteiger partial charge on any atom is -0.379 e. The number of nitrogens with zero attached hydrogens (tertiary/aromatic N) is 3. The van der Waals surface area contributed by atoms with Gasteiger partial charge < -0.3 is 14.2 Å². The Hall–Kier alpha value is -3.14. The number of anilines is 1. The highest BCUT2D eigenvalue weighted by Gasteiger charge is 2.33. The van der Waals surface area contributed by atoms with Gasteiger partial charge >= 0.3 is 0 Å². The third-order valence-electron chi connectivity index (χ3n) is 7.24. The average molecular weight is 583 g/mol. The first kappa shape index (κ1) is 26.1. The van der Waals surface area contributed by atoms with Crippen molar-refractivity contribution in [3.8, 4) is 0 Å². The molecule has 0 saturated carbocycles. The molecule has 200 valence electrons. The first-order chi connectivity index (χ1) is 18.7. The summed E-state index contributed by atoms with van der Waals surface area (Å²) in [5.74, 6) is -0.191. The number of carbonyl (C=O) groups excluding carboxylic acids is 1. The summed E-state index contributed by atoms with van der Waals surface area (Å²) in [6.45, 7) is 1.85. The Morgan fingerprint density at radius 3 is 2.54 bits per heavy atom. The zero-order chi connectivity index (χ0) is 27.3. The van der Waals surface area contributed by atoms with E-state index in [-0.39, 0.29) is 10.8 Å². The number of hydrogen-bond donors (Lipinski definition) is 0. The van der Waals surface area contributed by atoms with Crippen LogP contribution in [0, 0.1) is 0 Å². The van der Waals surface area contributed by atoms with Crippen molar-refractivity contribution in [2.75, 3.05) is 38.3 Å². The summed E-state index contributed by atoms with van der Waals surface area (Å²) in [4.78, 5) is 15.1. The van der Waals surface area contributed by atoms with Gasteiger partial charge in [0.05, 0.1) is 23.8 Å². The van der Waals surface area contributed by atoms with Gasteiger partial charge in [-0.15, -0.1) is 0 Å². The third-order valence-corrected chi connectivity index (χ3v) is 9.72. The monoisotopic (exact) mass is 581 g/mol. The number of aromatic nitrogens is 1. The summed E-state index contributed by atoms with van der Waals surface area (Å²) in [6.07, 6.45) is 3.83. The molecule has 10 heteroatoms. The zero-order valence-corrected chi connectivity index (χ0v) is 23.4. The molecule has 0 spiro atoms. The van der Waals surface area contributed by atoms with Crippen LogP contribution >= 0.6 is 23.2 Å². The van der Waals surface area contributed by atoms with Crippen LogP contribution in [-0.2, 0) is 26.1 Å². The van der Waals surface area contributed by atoms with Crippen LogP contribution in [0.1, 0.15) is 16.7 Å². The molecule has 7 nitrogen and oxygen atoms in total. The normalized spacial score (nSPS) is 17.4. The quantitative estimate of drug-likeness (QED) is 0.290. The SMILES string of the molecule is CN1C(=O)C(=Cc2cn(Cc3ccc(Cl)cc3Cl)c3ccccc23)c2cc(S(=O)(=O)N3CCOCC3)ccc21. The van der Waals surface area contributed by atoms with Gasteiger partial charge in [-0.25, -0.2) is 8.42 Å². The fourth-order valence-corrected chi connectivity index (χ4v) is 7.08. The molecule has 3 aromatic carbocycles. The second-order valence-corrected chi connectivity index (χ2v) is 12.4. The number of halogens is 2. The van der Waals surface area contributed by atoms with Crippen LogP contribution < -0.4 is 4.90 Å². The second kappa shape index (κ2) is 10.1. The maximum atomic E-state index is 13.4. The lowest BCUT2D eigenvalue weighted by Gasteiger charge is -2.26. The van der Waals surface area contributed by atoms with E-state index in [4.69, 9.17) is 27.9 Å². The molecule has 0 aliphatic carbocycles. The van der Waals surface area contributed by atoms with Gasteiger partial charge in [0, 0.05) is 70.5 Å². The molecule has 0 unspecified atom stereocenters. The van der Waals surface area contributed by atoms with E-state index in [1.165, 1.54) is 4.31 Å². The number of hydrogen-bond acceptors (Lipinski definition) is 4. The van der Waals surface area contributed by atoms with Crippen molar-refractivity contribution in [1.29, 1.82) is 0 Å². The molecular formula is C29H25Cl2N3O4S. The number of ether oxygens (including phenoxy) is 1. The van der Waals surface area contributed by atoms with Crippen molar-refractivity contribution >= 4 is 67.4 Å². The van der Waals surface area contributed by atoms with E-state index in [1.54, 1.807) is 36.2 Å². The van der Waals surface area contributed by atoms with Gasteiger partial charge in [-0.3, -0.25) is 4.79 Å². The van der Waals surface area contributed by atoms with Crippen molar-refractivity contribution < 1.29 is 17.9 Å². The molecule has 0 atom stereocenters. The van der Waals surface area contributed by atoms with Gasteiger partial charge in [0.2, 0.25) is 10.0 Å². The molecule has 0 radical (unpaired) electrons. The van der Waals surface area contributed by atoms with Crippen LogP contribution in [0.15, 0.2) is 71.8 Å². The predicted octanol–water partition coefficient (Wildman–Crippen LogP) is 5.53. The number of benzene rings is 3. The van der Waals surface area contributed by atoms with Crippen molar-refractivity contribution in [1.82, 2.24) is 8.87 Å². The van der Waals surface area contributed by atoms with E-state index in [1.807, 2.05) is 48.7 Å². The van der Waals surface area contributed by atoms with Gasteiger partial charge in [0.25, 0.3) is 5.91 Å². The highest BCUT2D eigenvalue weighted by molar-refractivity contribution is 7.89. The van der Waals surface area contributed by atoms with Gasteiger partial charge in [0.15, 0.2) is 0 Å². The fourth-order valence-electron chi connectivity index (χ4n) is 5.17. The molecule has 4 aromatic rings. The topological polar surface area (TPSA) is 71.9 Å². The van der Waals surface area contributed by atoms with E-state index in [0.29, 0.717) is 59.7 Å². The Bertz CT molecular complexity index is 1760. The number of likely N-dealkylation sites (N-methyl/N-ethyl adjacent to an activating group) is 1. The smallest absolute Gasteiger partial charge is 0.258 e.